The molecule has 2 aromatic carbocycles. The number of hydrogen-bond acceptors (Lipinski definition) is 5. The summed E-state index contributed by atoms with van der Waals surface area (Å²) in [6.45, 7) is -0.276. The van der Waals surface area contributed by atoms with Crippen LogP contribution in [0.15, 0.2) is 71.9 Å². The summed E-state index contributed by atoms with van der Waals surface area (Å²) < 4.78 is 35.6. The van der Waals surface area contributed by atoms with Crippen molar-refractivity contribution in [1.29, 1.82) is 5.26 Å². The quantitative estimate of drug-likeness (QED) is 0.508. The fourth-order valence-corrected chi connectivity index (χ4v) is 2.80. The van der Waals surface area contributed by atoms with Gasteiger partial charge in [-0.2, -0.15) is 15.0 Å². The molecule has 2 heterocycles. The standard InChI is InChI=1S/C21H13F2N5O2/c22-19-2-1-3-20(23)18(19)12-27-13-26-28(21(27)29)15-4-6-16(7-5-15)30-17-8-9-25-14(10-17)11-24/h1-10,13H,12H2. The zero-order chi connectivity index (χ0) is 21.1. The van der Waals surface area contributed by atoms with E-state index in [4.69, 9.17) is 10.00 Å². The van der Waals surface area contributed by atoms with E-state index in [0.717, 1.165) is 21.4 Å². The maximum atomic E-state index is 13.9. The van der Waals surface area contributed by atoms with Gasteiger partial charge in [-0.25, -0.2) is 18.6 Å². The van der Waals surface area contributed by atoms with Gasteiger partial charge in [0, 0.05) is 17.8 Å². The highest BCUT2D eigenvalue weighted by atomic mass is 19.1. The lowest BCUT2D eigenvalue weighted by Gasteiger charge is -2.07. The van der Waals surface area contributed by atoms with Gasteiger partial charge in [-0.05, 0) is 42.5 Å². The molecule has 0 atom stereocenters. The van der Waals surface area contributed by atoms with Crippen molar-refractivity contribution in [1.82, 2.24) is 19.3 Å². The lowest BCUT2D eigenvalue weighted by molar-refractivity contribution is 0.481. The highest BCUT2D eigenvalue weighted by Crippen LogP contribution is 2.22. The van der Waals surface area contributed by atoms with Crippen molar-refractivity contribution in [3.8, 4) is 23.3 Å². The van der Waals surface area contributed by atoms with E-state index in [9.17, 15) is 13.6 Å². The minimum absolute atomic E-state index is 0.211. The van der Waals surface area contributed by atoms with E-state index < -0.39 is 17.3 Å². The molecule has 7 nitrogen and oxygen atoms in total. The molecule has 30 heavy (non-hydrogen) atoms. The molecule has 0 unspecified atom stereocenters. The molecule has 4 aromatic rings. The third-order valence-corrected chi connectivity index (χ3v) is 4.29. The number of pyridine rings is 1. The third kappa shape index (κ3) is 3.79. The number of nitriles is 1. The molecule has 0 radical (unpaired) electrons. The summed E-state index contributed by atoms with van der Waals surface area (Å²) >= 11 is 0. The molecule has 0 N–H and O–H groups in total. The Morgan fingerprint density at radius 2 is 1.77 bits per heavy atom. The summed E-state index contributed by atoms with van der Waals surface area (Å²) in [6, 6.07) is 15.1. The molecule has 0 aliphatic rings. The number of halogens is 2. The number of hydrogen-bond donors (Lipinski definition) is 0. The van der Waals surface area contributed by atoms with Crippen molar-refractivity contribution in [3.63, 3.8) is 0 Å². The predicted octanol–water partition coefficient (Wildman–Crippen LogP) is 3.42. The minimum Gasteiger partial charge on any atom is -0.457 e. The number of nitrogens with zero attached hydrogens (tertiary/aromatic N) is 5. The van der Waals surface area contributed by atoms with Gasteiger partial charge in [0.05, 0.1) is 12.2 Å². The van der Waals surface area contributed by atoms with E-state index in [-0.39, 0.29) is 17.8 Å². The summed E-state index contributed by atoms with van der Waals surface area (Å²) in [4.78, 5) is 16.5. The summed E-state index contributed by atoms with van der Waals surface area (Å²) in [5.74, 6) is -0.531. The van der Waals surface area contributed by atoms with E-state index in [1.807, 2.05) is 6.07 Å². The molecule has 0 saturated carbocycles. The van der Waals surface area contributed by atoms with E-state index in [2.05, 4.69) is 10.1 Å². The molecule has 0 bridgehead atoms. The molecule has 9 heteroatoms. The normalized spacial score (nSPS) is 10.6. The fraction of sp³-hybridized carbons (Fsp3) is 0.0476. The Balaban J connectivity index is 1.55. The van der Waals surface area contributed by atoms with Gasteiger partial charge in [-0.3, -0.25) is 4.57 Å². The number of ether oxygens (including phenoxy) is 1. The summed E-state index contributed by atoms with van der Waals surface area (Å²) in [7, 11) is 0. The van der Waals surface area contributed by atoms with Crippen LogP contribution in [0.3, 0.4) is 0 Å². The van der Waals surface area contributed by atoms with Crippen LogP contribution in [0, 0.1) is 23.0 Å². The molecular weight excluding hydrogens is 392 g/mol. The lowest BCUT2D eigenvalue weighted by Crippen LogP contribution is -2.24. The first kappa shape index (κ1) is 19.0. The maximum absolute atomic E-state index is 13.9. The van der Waals surface area contributed by atoms with Crippen LogP contribution in [-0.4, -0.2) is 19.3 Å². The Morgan fingerprint density at radius 3 is 2.47 bits per heavy atom. The zero-order valence-corrected chi connectivity index (χ0v) is 15.4. The van der Waals surface area contributed by atoms with E-state index in [1.165, 1.54) is 24.7 Å². The van der Waals surface area contributed by atoms with Gasteiger partial charge in [-0.1, -0.05) is 6.07 Å². The largest absolute Gasteiger partial charge is 0.457 e. The molecule has 0 spiro atoms. The second-order valence-corrected chi connectivity index (χ2v) is 6.24. The Labute approximate surface area is 169 Å². The Morgan fingerprint density at radius 1 is 1.03 bits per heavy atom. The first-order valence-electron chi connectivity index (χ1n) is 8.77. The van der Waals surface area contributed by atoms with Crippen LogP contribution in [0.1, 0.15) is 11.3 Å². The van der Waals surface area contributed by atoms with Gasteiger partial charge in [-0.15, -0.1) is 0 Å². The molecule has 2 aromatic heterocycles. The minimum atomic E-state index is -0.730. The van der Waals surface area contributed by atoms with Crippen LogP contribution in [0.5, 0.6) is 11.5 Å². The SMILES string of the molecule is N#Cc1cc(Oc2ccc(-n3ncn(Cc4c(F)cccc4F)c3=O)cc2)ccn1. The van der Waals surface area contributed by atoms with E-state index in [0.29, 0.717) is 17.2 Å². The first-order chi connectivity index (χ1) is 14.5. The van der Waals surface area contributed by atoms with Crippen LogP contribution in [0.2, 0.25) is 0 Å². The van der Waals surface area contributed by atoms with Crippen LogP contribution in [0.25, 0.3) is 5.69 Å². The molecular formula is C21H13F2N5O2. The average Bonchev–Trinajstić information content (AvgIpc) is 3.12. The maximum Gasteiger partial charge on any atom is 0.350 e. The van der Waals surface area contributed by atoms with Crippen LogP contribution in [-0.2, 0) is 6.54 Å². The molecule has 0 amide bonds. The van der Waals surface area contributed by atoms with E-state index in [1.54, 1.807) is 30.3 Å². The van der Waals surface area contributed by atoms with Gasteiger partial charge in [0.1, 0.15) is 41.2 Å². The predicted molar refractivity (Wildman–Crippen MR) is 102 cm³/mol. The van der Waals surface area contributed by atoms with Gasteiger partial charge in [0.15, 0.2) is 0 Å². The Bertz CT molecular complexity index is 1290. The van der Waals surface area contributed by atoms with Crippen molar-refractivity contribution < 1.29 is 13.5 Å². The lowest BCUT2D eigenvalue weighted by atomic mass is 10.2. The molecule has 148 valence electrons. The smallest absolute Gasteiger partial charge is 0.350 e. The summed E-state index contributed by atoms with van der Waals surface area (Å²) in [5, 5.41) is 12.9. The Hall–Kier alpha value is -4.32. The molecule has 0 aliphatic heterocycles. The van der Waals surface area contributed by atoms with Crippen molar-refractivity contribution in [3.05, 3.63) is 100 Å². The van der Waals surface area contributed by atoms with Gasteiger partial charge < -0.3 is 4.74 Å². The summed E-state index contributed by atoms with van der Waals surface area (Å²) in [5.41, 5.74) is -0.0730. The van der Waals surface area contributed by atoms with Gasteiger partial charge in [0.2, 0.25) is 0 Å². The van der Waals surface area contributed by atoms with E-state index >= 15 is 0 Å². The van der Waals surface area contributed by atoms with Crippen LogP contribution >= 0.6 is 0 Å². The zero-order valence-electron chi connectivity index (χ0n) is 15.4. The van der Waals surface area contributed by atoms with Gasteiger partial charge in [0.25, 0.3) is 0 Å². The average molecular weight is 405 g/mol. The Kier molecular flexibility index (Phi) is 5.05. The highest BCUT2D eigenvalue weighted by molar-refractivity contribution is 5.39. The fourth-order valence-electron chi connectivity index (χ4n) is 2.80. The number of rotatable bonds is 5. The number of aromatic nitrogens is 4. The molecule has 0 saturated heterocycles. The van der Waals surface area contributed by atoms with Crippen molar-refractivity contribution in [2.45, 2.75) is 6.54 Å². The second-order valence-electron chi connectivity index (χ2n) is 6.24. The topological polar surface area (TPSA) is 85.7 Å². The molecule has 0 fully saturated rings. The van der Waals surface area contributed by atoms with Crippen LogP contribution < -0.4 is 10.4 Å². The van der Waals surface area contributed by atoms with Gasteiger partial charge >= 0.3 is 5.69 Å². The van der Waals surface area contributed by atoms with Crippen molar-refractivity contribution in [2.24, 2.45) is 0 Å². The van der Waals surface area contributed by atoms with Crippen molar-refractivity contribution in [2.75, 3.05) is 0 Å². The summed E-state index contributed by atoms with van der Waals surface area (Å²) in [6.07, 6.45) is 2.69. The molecule has 0 aliphatic carbocycles. The number of benzene rings is 2. The van der Waals surface area contributed by atoms with Crippen LogP contribution in [0.4, 0.5) is 8.78 Å². The first-order valence-corrected chi connectivity index (χ1v) is 8.77. The third-order valence-electron chi connectivity index (χ3n) is 4.29. The highest BCUT2D eigenvalue weighted by Gasteiger charge is 2.13. The monoisotopic (exact) mass is 405 g/mol. The second kappa shape index (κ2) is 7.97. The molecule has 4 rings (SSSR count). The van der Waals surface area contributed by atoms with Crippen molar-refractivity contribution >= 4 is 0 Å².